The first-order valence-electron chi connectivity index (χ1n) is 5.07. The Labute approximate surface area is 97.4 Å². The number of hydrogen-bond donors (Lipinski definition) is 1. The third-order valence-electron chi connectivity index (χ3n) is 3.25. The average molecular weight is 269 g/mol. The molecule has 1 aliphatic rings. The highest BCUT2D eigenvalue weighted by Gasteiger charge is 2.40. The summed E-state index contributed by atoms with van der Waals surface area (Å²) in [5.41, 5.74) is 1.40. The maximum atomic E-state index is 11.4. The molecule has 0 heterocycles. The van der Waals surface area contributed by atoms with E-state index >= 15 is 0 Å². The zero-order valence-electron chi connectivity index (χ0n) is 8.59. The Bertz CT molecular complexity index is 414. The van der Waals surface area contributed by atoms with Gasteiger partial charge < -0.3 is 5.11 Å². The van der Waals surface area contributed by atoms with Crippen LogP contribution in [0.5, 0.6) is 0 Å². The summed E-state index contributed by atoms with van der Waals surface area (Å²) in [6.45, 7) is 1.82. The van der Waals surface area contributed by atoms with Gasteiger partial charge in [-0.2, -0.15) is 0 Å². The second-order valence-electron chi connectivity index (χ2n) is 4.26. The smallest absolute Gasteiger partial charge is 0.313 e. The van der Waals surface area contributed by atoms with E-state index in [1.54, 1.807) is 0 Å². The summed E-state index contributed by atoms with van der Waals surface area (Å²) in [4.78, 5) is 11.4. The molecule has 0 aliphatic heterocycles. The van der Waals surface area contributed by atoms with Gasteiger partial charge in [-0.25, -0.2) is 0 Å². The second kappa shape index (κ2) is 3.63. The summed E-state index contributed by atoms with van der Waals surface area (Å²) in [5, 5.41) is 9.35. The molecule has 0 spiro atoms. The van der Waals surface area contributed by atoms with Gasteiger partial charge in [0.1, 0.15) is 0 Å². The SMILES string of the molecule is CC1(C(=O)O)CCCc2cccc(Br)c21. The van der Waals surface area contributed by atoms with Crippen LogP contribution in [0, 0.1) is 0 Å². The molecule has 2 rings (SSSR count). The molecule has 1 N–H and O–H groups in total. The van der Waals surface area contributed by atoms with Gasteiger partial charge in [-0.3, -0.25) is 4.79 Å². The van der Waals surface area contributed by atoms with E-state index in [9.17, 15) is 9.90 Å². The minimum atomic E-state index is -0.728. The third kappa shape index (κ3) is 1.59. The van der Waals surface area contributed by atoms with Crippen molar-refractivity contribution < 1.29 is 9.90 Å². The number of aryl methyl sites for hydroxylation is 1. The van der Waals surface area contributed by atoms with Gasteiger partial charge in [-0.15, -0.1) is 0 Å². The Hall–Kier alpha value is -0.830. The Morgan fingerprint density at radius 1 is 1.53 bits per heavy atom. The van der Waals surface area contributed by atoms with Crippen LogP contribution in [0.4, 0.5) is 0 Å². The molecule has 0 amide bonds. The molecule has 1 aromatic carbocycles. The Morgan fingerprint density at radius 3 is 2.93 bits per heavy atom. The van der Waals surface area contributed by atoms with Crippen LogP contribution in [0.15, 0.2) is 22.7 Å². The van der Waals surface area contributed by atoms with Crippen LogP contribution in [-0.2, 0) is 16.6 Å². The number of benzene rings is 1. The summed E-state index contributed by atoms with van der Waals surface area (Å²) in [6, 6.07) is 5.92. The fourth-order valence-electron chi connectivity index (χ4n) is 2.37. The highest BCUT2D eigenvalue weighted by Crippen LogP contribution is 2.41. The number of halogens is 1. The van der Waals surface area contributed by atoms with Crippen molar-refractivity contribution in [2.24, 2.45) is 0 Å². The summed E-state index contributed by atoms with van der Waals surface area (Å²) in [6.07, 6.45) is 2.65. The van der Waals surface area contributed by atoms with Crippen molar-refractivity contribution in [3.05, 3.63) is 33.8 Å². The topological polar surface area (TPSA) is 37.3 Å². The van der Waals surface area contributed by atoms with Crippen LogP contribution in [0.2, 0.25) is 0 Å². The van der Waals surface area contributed by atoms with Crippen molar-refractivity contribution in [3.8, 4) is 0 Å². The number of fused-ring (bicyclic) bond motifs is 1. The highest BCUT2D eigenvalue weighted by atomic mass is 79.9. The minimum absolute atomic E-state index is 0.720. The van der Waals surface area contributed by atoms with Gasteiger partial charge in [0.25, 0.3) is 0 Å². The van der Waals surface area contributed by atoms with E-state index in [2.05, 4.69) is 15.9 Å². The summed E-state index contributed by atoms with van der Waals surface area (Å²) in [5.74, 6) is -0.727. The first-order chi connectivity index (χ1) is 7.05. The molecule has 0 saturated carbocycles. The van der Waals surface area contributed by atoms with Crippen LogP contribution in [0.1, 0.15) is 30.9 Å². The molecule has 0 saturated heterocycles. The largest absolute Gasteiger partial charge is 0.481 e. The number of carboxylic acid groups (broad SMARTS) is 1. The van der Waals surface area contributed by atoms with Gasteiger partial charge in [-0.05, 0) is 43.4 Å². The van der Waals surface area contributed by atoms with Crippen LogP contribution in [-0.4, -0.2) is 11.1 Å². The van der Waals surface area contributed by atoms with Crippen molar-refractivity contribution in [1.29, 1.82) is 0 Å². The zero-order chi connectivity index (χ0) is 11.1. The standard InChI is InChI=1S/C12H13BrO2/c1-12(11(14)15)7-3-5-8-4-2-6-9(13)10(8)12/h2,4,6H,3,5,7H2,1H3,(H,14,15). The highest BCUT2D eigenvalue weighted by molar-refractivity contribution is 9.10. The van der Waals surface area contributed by atoms with E-state index in [1.807, 2.05) is 25.1 Å². The van der Waals surface area contributed by atoms with Crippen LogP contribution in [0.3, 0.4) is 0 Å². The van der Waals surface area contributed by atoms with Crippen molar-refractivity contribution >= 4 is 21.9 Å². The maximum Gasteiger partial charge on any atom is 0.313 e. The van der Waals surface area contributed by atoms with Crippen molar-refractivity contribution in [1.82, 2.24) is 0 Å². The van der Waals surface area contributed by atoms with E-state index in [4.69, 9.17) is 0 Å². The first kappa shape index (κ1) is 10.7. The molecule has 2 nitrogen and oxygen atoms in total. The summed E-state index contributed by atoms with van der Waals surface area (Å²) in [7, 11) is 0. The Morgan fingerprint density at radius 2 is 2.27 bits per heavy atom. The van der Waals surface area contributed by atoms with E-state index in [0.29, 0.717) is 0 Å². The molecular weight excluding hydrogens is 256 g/mol. The first-order valence-corrected chi connectivity index (χ1v) is 5.86. The third-order valence-corrected chi connectivity index (χ3v) is 3.91. The predicted molar refractivity (Wildman–Crippen MR) is 62.1 cm³/mol. The molecule has 80 valence electrons. The lowest BCUT2D eigenvalue weighted by Gasteiger charge is -2.33. The van der Waals surface area contributed by atoms with Gasteiger partial charge in [0.15, 0.2) is 0 Å². The number of carboxylic acids is 1. The van der Waals surface area contributed by atoms with E-state index in [0.717, 1.165) is 29.3 Å². The summed E-state index contributed by atoms with van der Waals surface area (Å²) < 4.78 is 0.921. The fourth-order valence-corrected chi connectivity index (χ4v) is 3.21. The second-order valence-corrected chi connectivity index (χ2v) is 5.12. The molecule has 0 bridgehead atoms. The monoisotopic (exact) mass is 268 g/mol. The maximum absolute atomic E-state index is 11.4. The normalized spacial score (nSPS) is 24.7. The molecule has 15 heavy (non-hydrogen) atoms. The van der Waals surface area contributed by atoms with Gasteiger partial charge >= 0.3 is 5.97 Å². The lowest BCUT2D eigenvalue weighted by Crippen LogP contribution is -2.36. The molecule has 0 fully saturated rings. The van der Waals surface area contributed by atoms with Crippen molar-refractivity contribution in [2.45, 2.75) is 31.6 Å². The van der Waals surface area contributed by atoms with Gasteiger partial charge in [0.2, 0.25) is 0 Å². The van der Waals surface area contributed by atoms with Crippen LogP contribution >= 0.6 is 15.9 Å². The molecule has 1 unspecified atom stereocenters. The lowest BCUT2D eigenvalue weighted by atomic mass is 9.71. The number of aliphatic carboxylic acids is 1. The zero-order valence-corrected chi connectivity index (χ0v) is 10.2. The van der Waals surface area contributed by atoms with Gasteiger partial charge in [0, 0.05) is 4.47 Å². The molecule has 0 radical (unpaired) electrons. The van der Waals surface area contributed by atoms with E-state index in [1.165, 1.54) is 5.56 Å². The van der Waals surface area contributed by atoms with Gasteiger partial charge in [-0.1, -0.05) is 28.1 Å². The van der Waals surface area contributed by atoms with Crippen LogP contribution < -0.4 is 0 Å². The average Bonchev–Trinajstić information content (AvgIpc) is 2.17. The molecule has 0 aromatic heterocycles. The Kier molecular flexibility index (Phi) is 2.59. The van der Waals surface area contributed by atoms with Crippen molar-refractivity contribution in [2.75, 3.05) is 0 Å². The molecule has 3 heteroatoms. The fraction of sp³-hybridized carbons (Fsp3) is 0.417. The minimum Gasteiger partial charge on any atom is -0.481 e. The van der Waals surface area contributed by atoms with E-state index < -0.39 is 11.4 Å². The summed E-state index contributed by atoms with van der Waals surface area (Å²) >= 11 is 3.46. The number of rotatable bonds is 1. The number of hydrogen-bond acceptors (Lipinski definition) is 1. The molecule has 1 atom stereocenters. The predicted octanol–water partition coefficient (Wildman–Crippen LogP) is 3.13. The van der Waals surface area contributed by atoms with Gasteiger partial charge in [0.05, 0.1) is 5.41 Å². The number of carbonyl (C=O) groups is 1. The van der Waals surface area contributed by atoms with E-state index in [-0.39, 0.29) is 0 Å². The lowest BCUT2D eigenvalue weighted by molar-refractivity contribution is -0.143. The molecule has 1 aliphatic carbocycles. The van der Waals surface area contributed by atoms with Crippen molar-refractivity contribution in [3.63, 3.8) is 0 Å². The quantitative estimate of drug-likeness (QED) is 0.850. The molecular formula is C12H13BrO2. The Balaban J connectivity index is 2.64. The van der Waals surface area contributed by atoms with Crippen LogP contribution in [0.25, 0.3) is 0 Å². The molecule has 1 aromatic rings.